The molecule has 1 aliphatic rings. The summed E-state index contributed by atoms with van der Waals surface area (Å²) in [4.78, 5) is 12.1. The molecule has 0 radical (unpaired) electrons. The summed E-state index contributed by atoms with van der Waals surface area (Å²) in [6.45, 7) is 2.75. The van der Waals surface area contributed by atoms with Gasteiger partial charge in [0, 0.05) is 21.8 Å². The number of thioether (sulfide) groups is 1. The second-order valence-electron chi connectivity index (χ2n) is 4.61. The SMILES string of the molecule is Cc1c(Br)cccc1C(=O)NCC1CCCCS1. The molecule has 0 aliphatic carbocycles. The lowest BCUT2D eigenvalue weighted by atomic mass is 10.1. The van der Waals surface area contributed by atoms with Crippen LogP contribution in [0.15, 0.2) is 22.7 Å². The Labute approximate surface area is 121 Å². The van der Waals surface area contributed by atoms with Crippen LogP contribution in [0, 0.1) is 6.92 Å². The van der Waals surface area contributed by atoms with Crippen molar-refractivity contribution in [3.05, 3.63) is 33.8 Å². The van der Waals surface area contributed by atoms with Gasteiger partial charge in [0.05, 0.1) is 0 Å². The van der Waals surface area contributed by atoms with E-state index in [1.807, 2.05) is 36.9 Å². The number of halogens is 1. The normalized spacial score (nSPS) is 19.6. The minimum absolute atomic E-state index is 0.0416. The smallest absolute Gasteiger partial charge is 0.251 e. The van der Waals surface area contributed by atoms with Crippen LogP contribution in [0.4, 0.5) is 0 Å². The van der Waals surface area contributed by atoms with E-state index in [0.717, 1.165) is 22.1 Å². The summed E-state index contributed by atoms with van der Waals surface area (Å²) in [5.74, 6) is 1.27. The largest absolute Gasteiger partial charge is 0.351 e. The van der Waals surface area contributed by atoms with Gasteiger partial charge in [-0.15, -0.1) is 0 Å². The van der Waals surface area contributed by atoms with Gasteiger partial charge in [0.15, 0.2) is 0 Å². The average molecular weight is 328 g/mol. The summed E-state index contributed by atoms with van der Waals surface area (Å²) < 4.78 is 0.988. The van der Waals surface area contributed by atoms with Crippen LogP contribution in [0.1, 0.15) is 35.2 Å². The second kappa shape index (κ2) is 6.62. The van der Waals surface area contributed by atoms with Crippen LogP contribution in [0.25, 0.3) is 0 Å². The van der Waals surface area contributed by atoms with Crippen LogP contribution in [0.3, 0.4) is 0 Å². The molecule has 1 saturated heterocycles. The molecule has 1 aromatic rings. The number of rotatable bonds is 3. The summed E-state index contributed by atoms with van der Waals surface area (Å²) in [5, 5.41) is 3.65. The third-order valence-corrected chi connectivity index (χ3v) is 5.53. The minimum Gasteiger partial charge on any atom is -0.351 e. The number of nitrogens with one attached hydrogen (secondary N) is 1. The van der Waals surface area contributed by atoms with Crippen molar-refractivity contribution in [2.45, 2.75) is 31.4 Å². The van der Waals surface area contributed by atoms with Crippen LogP contribution in [-0.2, 0) is 0 Å². The van der Waals surface area contributed by atoms with Crippen molar-refractivity contribution in [2.75, 3.05) is 12.3 Å². The van der Waals surface area contributed by atoms with E-state index in [0.29, 0.717) is 5.25 Å². The summed E-state index contributed by atoms with van der Waals surface area (Å²) >= 11 is 5.44. The monoisotopic (exact) mass is 327 g/mol. The third kappa shape index (κ3) is 3.51. The Hall–Kier alpha value is -0.480. The predicted octanol–water partition coefficient (Wildman–Crippen LogP) is 3.77. The zero-order valence-electron chi connectivity index (χ0n) is 10.5. The molecule has 98 valence electrons. The summed E-state index contributed by atoms with van der Waals surface area (Å²) in [6, 6.07) is 5.74. The van der Waals surface area contributed by atoms with Gasteiger partial charge < -0.3 is 5.32 Å². The molecule has 1 amide bonds. The van der Waals surface area contributed by atoms with E-state index in [1.54, 1.807) is 0 Å². The Balaban J connectivity index is 1.93. The quantitative estimate of drug-likeness (QED) is 0.915. The molecule has 1 aliphatic heterocycles. The van der Waals surface area contributed by atoms with E-state index in [9.17, 15) is 4.79 Å². The highest BCUT2D eigenvalue weighted by Crippen LogP contribution is 2.24. The summed E-state index contributed by atoms with van der Waals surface area (Å²) in [6.07, 6.45) is 3.84. The van der Waals surface area contributed by atoms with E-state index in [-0.39, 0.29) is 5.91 Å². The maximum absolute atomic E-state index is 12.1. The molecule has 0 saturated carbocycles. The summed E-state index contributed by atoms with van der Waals surface area (Å²) in [5.41, 5.74) is 1.77. The van der Waals surface area contributed by atoms with Gasteiger partial charge in [-0.1, -0.05) is 28.4 Å². The van der Waals surface area contributed by atoms with Crippen molar-refractivity contribution in [1.29, 1.82) is 0 Å². The van der Waals surface area contributed by atoms with E-state index in [1.165, 1.54) is 25.0 Å². The van der Waals surface area contributed by atoms with Gasteiger partial charge in [-0.3, -0.25) is 4.79 Å². The number of carbonyl (C=O) groups excluding carboxylic acids is 1. The molecule has 1 atom stereocenters. The first-order valence-electron chi connectivity index (χ1n) is 6.33. The van der Waals surface area contributed by atoms with Crippen molar-refractivity contribution >= 4 is 33.6 Å². The van der Waals surface area contributed by atoms with Gasteiger partial charge in [0.2, 0.25) is 0 Å². The highest BCUT2D eigenvalue weighted by molar-refractivity contribution is 9.10. The molecule has 1 unspecified atom stereocenters. The maximum Gasteiger partial charge on any atom is 0.251 e. The molecule has 1 fully saturated rings. The van der Waals surface area contributed by atoms with Crippen molar-refractivity contribution in [2.24, 2.45) is 0 Å². The third-order valence-electron chi connectivity index (χ3n) is 3.28. The molecule has 1 heterocycles. The van der Waals surface area contributed by atoms with Gasteiger partial charge in [0.25, 0.3) is 5.91 Å². The van der Waals surface area contributed by atoms with Gasteiger partial charge in [0.1, 0.15) is 0 Å². The van der Waals surface area contributed by atoms with E-state index < -0.39 is 0 Å². The Morgan fingerprint density at radius 3 is 3.06 bits per heavy atom. The van der Waals surface area contributed by atoms with E-state index in [2.05, 4.69) is 21.2 Å². The van der Waals surface area contributed by atoms with Gasteiger partial charge >= 0.3 is 0 Å². The van der Waals surface area contributed by atoms with E-state index in [4.69, 9.17) is 0 Å². The molecule has 1 N–H and O–H groups in total. The molecule has 2 nitrogen and oxygen atoms in total. The molecule has 0 aromatic heterocycles. The van der Waals surface area contributed by atoms with Crippen molar-refractivity contribution in [3.63, 3.8) is 0 Å². The number of benzene rings is 1. The molecule has 18 heavy (non-hydrogen) atoms. The molecule has 2 rings (SSSR count). The standard InChI is InChI=1S/C14H18BrNOS/c1-10-12(6-4-7-13(10)15)14(17)16-9-11-5-2-3-8-18-11/h4,6-7,11H,2-3,5,8-9H2,1H3,(H,16,17). The fourth-order valence-electron chi connectivity index (χ4n) is 2.12. The zero-order valence-corrected chi connectivity index (χ0v) is 12.9. The first kappa shape index (κ1) is 13.9. The minimum atomic E-state index is 0.0416. The fourth-order valence-corrected chi connectivity index (χ4v) is 3.73. The molecule has 4 heteroatoms. The van der Waals surface area contributed by atoms with Gasteiger partial charge in [-0.25, -0.2) is 0 Å². The number of carbonyl (C=O) groups is 1. The highest BCUT2D eigenvalue weighted by atomic mass is 79.9. The lowest BCUT2D eigenvalue weighted by Crippen LogP contribution is -2.32. The Morgan fingerprint density at radius 1 is 1.50 bits per heavy atom. The molecule has 0 bridgehead atoms. The Bertz CT molecular complexity index is 430. The van der Waals surface area contributed by atoms with Gasteiger partial charge in [-0.2, -0.15) is 11.8 Å². The zero-order chi connectivity index (χ0) is 13.0. The summed E-state index contributed by atoms with van der Waals surface area (Å²) in [7, 11) is 0. The molecular formula is C14H18BrNOS. The van der Waals surface area contributed by atoms with Crippen molar-refractivity contribution in [3.8, 4) is 0 Å². The second-order valence-corrected chi connectivity index (χ2v) is 6.87. The van der Waals surface area contributed by atoms with Crippen molar-refractivity contribution in [1.82, 2.24) is 5.32 Å². The molecular weight excluding hydrogens is 310 g/mol. The van der Waals surface area contributed by atoms with Crippen LogP contribution in [0.5, 0.6) is 0 Å². The lowest BCUT2D eigenvalue weighted by Gasteiger charge is -2.21. The Morgan fingerprint density at radius 2 is 2.33 bits per heavy atom. The lowest BCUT2D eigenvalue weighted by molar-refractivity contribution is 0.0952. The van der Waals surface area contributed by atoms with Crippen LogP contribution in [-0.4, -0.2) is 23.5 Å². The molecule has 0 spiro atoms. The number of hydrogen-bond donors (Lipinski definition) is 1. The van der Waals surface area contributed by atoms with Crippen LogP contribution >= 0.6 is 27.7 Å². The number of amides is 1. The number of hydrogen-bond acceptors (Lipinski definition) is 2. The maximum atomic E-state index is 12.1. The first-order valence-corrected chi connectivity index (χ1v) is 8.17. The van der Waals surface area contributed by atoms with Gasteiger partial charge in [-0.05, 0) is 43.2 Å². The Kier molecular flexibility index (Phi) is 5.13. The predicted molar refractivity (Wildman–Crippen MR) is 81.3 cm³/mol. The first-order chi connectivity index (χ1) is 8.68. The van der Waals surface area contributed by atoms with Crippen LogP contribution in [0.2, 0.25) is 0 Å². The topological polar surface area (TPSA) is 29.1 Å². The molecule has 1 aromatic carbocycles. The van der Waals surface area contributed by atoms with Crippen molar-refractivity contribution < 1.29 is 4.79 Å². The van der Waals surface area contributed by atoms with Crippen LogP contribution < -0.4 is 5.32 Å². The highest BCUT2D eigenvalue weighted by Gasteiger charge is 2.16. The average Bonchev–Trinajstić information content (AvgIpc) is 2.40. The fraction of sp³-hybridized carbons (Fsp3) is 0.500. The van der Waals surface area contributed by atoms with E-state index >= 15 is 0 Å².